The zero-order valence-corrected chi connectivity index (χ0v) is 11.3. The first-order chi connectivity index (χ1) is 10.1. The van der Waals surface area contributed by atoms with Crippen LogP contribution >= 0.6 is 0 Å². The molecule has 6 nitrogen and oxygen atoms in total. The van der Waals surface area contributed by atoms with Crippen molar-refractivity contribution in [3.05, 3.63) is 48.6 Å². The number of allylic oxidation sites excluding steroid dienone is 1. The lowest BCUT2D eigenvalue weighted by Gasteiger charge is -2.14. The maximum absolute atomic E-state index is 11.7. The largest absolute Gasteiger partial charge is 0.445 e. The summed E-state index contributed by atoms with van der Waals surface area (Å²) in [6.07, 6.45) is 0.965. The Bertz CT molecular complexity index is 554. The number of cyclic esters (lactones) is 2. The van der Waals surface area contributed by atoms with E-state index in [0.717, 1.165) is 5.56 Å². The quantitative estimate of drug-likeness (QED) is 0.505. The first-order valence-corrected chi connectivity index (χ1v) is 6.45. The number of hydrogen-bond donors (Lipinski definition) is 1. The van der Waals surface area contributed by atoms with E-state index in [-0.39, 0.29) is 13.0 Å². The van der Waals surface area contributed by atoms with Gasteiger partial charge in [0, 0.05) is 0 Å². The number of carbonyl (C=O) groups is 3. The fourth-order valence-corrected chi connectivity index (χ4v) is 2.00. The van der Waals surface area contributed by atoms with Crippen LogP contribution in [0.5, 0.6) is 0 Å². The van der Waals surface area contributed by atoms with Crippen molar-refractivity contribution in [2.75, 3.05) is 0 Å². The molecule has 1 aromatic rings. The summed E-state index contributed by atoms with van der Waals surface area (Å²) in [5, 5.41) is 2.36. The van der Waals surface area contributed by atoms with Crippen molar-refractivity contribution in [2.45, 2.75) is 19.1 Å². The molecule has 0 aliphatic carbocycles. The Labute approximate surface area is 121 Å². The number of alkyl carbamates (subject to hydrolysis) is 1. The van der Waals surface area contributed by atoms with Gasteiger partial charge in [0.2, 0.25) is 0 Å². The predicted molar refractivity (Wildman–Crippen MR) is 73.0 cm³/mol. The number of esters is 2. The number of nitrogens with one attached hydrogen (secondary N) is 1. The maximum Gasteiger partial charge on any atom is 0.408 e. The Kier molecular flexibility index (Phi) is 4.71. The van der Waals surface area contributed by atoms with E-state index in [1.54, 1.807) is 12.1 Å². The van der Waals surface area contributed by atoms with E-state index in [0.29, 0.717) is 0 Å². The molecule has 1 amide bonds. The zero-order valence-electron chi connectivity index (χ0n) is 11.3. The lowest BCUT2D eigenvalue weighted by molar-refractivity contribution is -0.153. The third kappa shape index (κ3) is 3.68. The molecule has 1 aliphatic rings. The average molecular weight is 289 g/mol. The molecule has 0 bridgehead atoms. The summed E-state index contributed by atoms with van der Waals surface area (Å²) in [4.78, 5) is 34.7. The zero-order chi connectivity index (χ0) is 15.2. The lowest BCUT2D eigenvalue weighted by Crippen LogP contribution is -2.42. The molecular weight excluding hydrogens is 274 g/mol. The molecule has 6 heteroatoms. The Hall–Kier alpha value is -2.63. The summed E-state index contributed by atoms with van der Waals surface area (Å²) < 4.78 is 9.51. The van der Waals surface area contributed by atoms with Crippen LogP contribution in [0, 0.1) is 5.92 Å². The van der Waals surface area contributed by atoms with E-state index >= 15 is 0 Å². The molecule has 1 N–H and O–H groups in total. The summed E-state index contributed by atoms with van der Waals surface area (Å²) in [6, 6.07) is 8.08. The third-order valence-corrected chi connectivity index (χ3v) is 3.07. The summed E-state index contributed by atoms with van der Waals surface area (Å²) >= 11 is 0. The van der Waals surface area contributed by atoms with Crippen LogP contribution in [0.25, 0.3) is 0 Å². The Morgan fingerprint density at radius 2 is 2.00 bits per heavy atom. The Balaban J connectivity index is 1.90. The molecule has 1 heterocycles. The molecule has 1 aromatic carbocycles. The van der Waals surface area contributed by atoms with Gasteiger partial charge < -0.3 is 14.8 Å². The SMILES string of the molecule is C=CC[C@H]1C(=O)OC(=O)[C@H]1NC(=O)OCc1ccccc1. The molecule has 0 radical (unpaired) electrons. The normalized spacial score (nSPS) is 20.8. The van der Waals surface area contributed by atoms with Gasteiger partial charge in [0.1, 0.15) is 12.6 Å². The van der Waals surface area contributed by atoms with E-state index in [9.17, 15) is 14.4 Å². The van der Waals surface area contributed by atoms with Crippen molar-refractivity contribution in [3.63, 3.8) is 0 Å². The van der Waals surface area contributed by atoms with Crippen LogP contribution in [0.4, 0.5) is 4.79 Å². The fraction of sp³-hybridized carbons (Fsp3) is 0.267. The van der Waals surface area contributed by atoms with Crippen molar-refractivity contribution < 1.29 is 23.9 Å². The van der Waals surface area contributed by atoms with Crippen molar-refractivity contribution in [2.24, 2.45) is 5.92 Å². The molecule has 0 saturated carbocycles. The molecule has 0 aromatic heterocycles. The molecule has 21 heavy (non-hydrogen) atoms. The van der Waals surface area contributed by atoms with Crippen LogP contribution in [-0.4, -0.2) is 24.1 Å². The third-order valence-electron chi connectivity index (χ3n) is 3.07. The van der Waals surface area contributed by atoms with Crippen molar-refractivity contribution >= 4 is 18.0 Å². The minimum Gasteiger partial charge on any atom is -0.445 e. The molecule has 2 atom stereocenters. The van der Waals surface area contributed by atoms with Gasteiger partial charge in [0.15, 0.2) is 0 Å². The maximum atomic E-state index is 11.7. The van der Waals surface area contributed by atoms with E-state index < -0.39 is 30.0 Å². The standard InChI is InChI=1S/C15H15NO5/c1-2-6-11-12(14(18)21-13(11)17)16-15(19)20-9-10-7-4-3-5-8-10/h2-5,7-8,11-12H,1,6,9H2,(H,16,19)/t11-,12+/m1/s1. The number of rotatable bonds is 5. The number of benzene rings is 1. The van der Waals surface area contributed by atoms with Crippen LogP contribution in [-0.2, 0) is 25.7 Å². The Morgan fingerprint density at radius 1 is 1.29 bits per heavy atom. The minimum absolute atomic E-state index is 0.0779. The van der Waals surface area contributed by atoms with Gasteiger partial charge >= 0.3 is 18.0 Å². The summed E-state index contributed by atoms with van der Waals surface area (Å²) in [5.74, 6) is -2.18. The van der Waals surface area contributed by atoms with Gasteiger partial charge in [-0.1, -0.05) is 36.4 Å². The summed E-state index contributed by atoms with van der Waals surface area (Å²) in [7, 11) is 0. The molecule has 0 spiro atoms. The average Bonchev–Trinajstić information content (AvgIpc) is 2.74. The van der Waals surface area contributed by atoms with E-state index in [1.807, 2.05) is 18.2 Å². The van der Waals surface area contributed by atoms with Crippen molar-refractivity contribution in [1.82, 2.24) is 5.32 Å². The van der Waals surface area contributed by atoms with Gasteiger partial charge in [0.25, 0.3) is 0 Å². The molecule has 1 fully saturated rings. The minimum atomic E-state index is -1.03. The first kappa shape index (κ1) is 14.8. The number of hydrogen-bond acceptors (Lipinski definition) is 5. The van der Waals surface area contributed by atoms with Gasteiger partial charge in [-0.05, 0) is 12.0 Å². The molecule has 2 rings (SSSR count). The van der Waals surface area contributed by atoms with Gasteiger partial charge in [-0.15, -0.1) is 6.58 Å². The summed E-state index contributed by atoms with van der Waals surface area (Å²) in [6.45, 7) is 3.59. The molecule has 0 unspecified atom stereocenters. The van der Waals surface area contributed by atoms with Gasteiger partial charge in [-0.25, -0.2) is 9.59 Å². The van der Waals surface area contributed by atoms with Crippen LogP contribution in [0.2, 0.25) is 0 Å². The highest BCUT2D eigenvalue weighted by Gasteiger charge is 2.44. The van der Waals surface area contributed by atoms with Crippen LogP contribution in [0.1, 0.15) is 12.0 Å². The second-order valence-corrected chi connectivity index (χ2v) is 4.55. The first-order valence-electron chi connectivity index (χ1n) is 6.45. The number of amides is 1. The Morgan fingerprint density at radius 3 is 2.67 bits per heavy atom. The second-order valence-electron chi connectivity index (χ2n) is 4.55. The molecule has 110 valence electrons. The second kappa shape index (κ2) is 6.69. The van der Waals surface area contributed by atoms with Gasteiger partial charge in [-0.2, -0.15) is 0 Å². The lowest BCUT2D eigenvalue weighted by atomic mass is 9.99. The van der Waals surface area contributed by atoms with E-state index in [1.165, 1.54) is 6.08 Å². The van der Waals surface area contributed by atoms with Crippen LogP contribution < -0.4 is 5.32 Å². The molecular formula is C15H15NO5. The highest BCUT2D eigenvalue weighted by molar-refractivity contribution is 6.00. The van der Waals surface area contributed by atoms with Gasteiger partial charge in [0.05, 0.1) is 5.92 Å². The highest BCUT2D eigenvalue weighted by Crippen LogP contribution is 2.21. The van der Waals surface area contributed by atoms with E-state index in [4.69, 9.17) is 4.74 Å². The molecule has 1 aliphatic heterocycles. The van der Waals surface area contributed by atoms with Crippen molar-refractivity contribution in [1.29, 1.82) is 0 Å². The number of carbonyl (C=O) groups excluding carboxylic acids is 3. The molecule has 1 saturated heterocycles. The topological polar surface area (TPSA) is 81.7 Å². The monoisotopic (exact) mass is 289 g/mol. The van der Waals surface area contributed by atoms with Gasteiger partial charge in [-0.3, -0.25) is 4.79 Å². The summed E-state index contributed by atoms with van der Waals surface area (Å²) in [5.41, 5.74) is 0.820. The predicted octanol–water partition coefficient (Wildman–Crippen LogP) is 1.56. The highest BCUT2D eigenvalue weighted by atomic mass is 16.6. The number of ether oxygens (including phenoxy) is 2. The van der Waals surface area contributed by atoms with E-state index in [2.05, 4.69) is 16.6 Å². The fourth-order valence-electron chi connectivity index (χ4n) is 2.00. The smallest absolute Gasteiger partial charge is 0.408 e. The van der Waals surface area contributed by atoms with Crippen LogP contribution in [0.15, 0.2) is 43.0 Å². The van der Waals surface area contributed by atoms with Crippen LogP contribution in [0.3, 0.4) is 0 Å². The van der Waals surface area contributed by atoms with Crippen molar-refractivity contribution in [3.8, 4) is 0 Å².